The lowest BCUT2D eigenvalue weighted by atomic mass is 9.81. The summed E-state index contributed by atoms with van der Waals surface area (Å²) in [5.41, 5.74) is 26.1. The van der Waals surface area contributed by atoms with Gasteiger partial charge in [-0.2, -0.15) is 0 Å². The lowest BCUT2D eigenvalue weighted by molar-refractivity contribution is 1.20. The Labute approximate surface area is 298 Å². The van der Waals surface area contributed by atoms with Gasteiger partial charge in [0.2, 0.25) is 0 Å². The Balaban J connectivity index is 1.21. The van der Waals surface area contributed by atoms with Gasteiger partial charge >= 0.3 is 0 Å². The normalized spacial score (nSPS) is 12.8. The molecule has 0 heterocycles. The van der Waals surface area contributed by atoms with Gasteiger partial charge in [0.1, 0.15) is 0 Å². The van der Waals surface area contributed by atoms with Gasteiger partial charge in [0.05, 0.1) is 0 Å². The minimum atomic E-state index is 0.957. The van der Waals surface area contributed by atoms with Gasteiger partial charge < -0.3 is 5.73 Å². The maximum absolute atomic E-state index is 5.77. The van der Waals surface area contributed by atoms with Gasteiger partial charge in [-0.25, -0.2) is 0 Å². The van der Waals surface area contributed by atoms with E-state index in [0.717, 1.165) is 17.6 Å². The van der Waals surface area contributed by atoms with E-state index in [2.05, 4.69) is 158 Å². The Hall–Kier alpha value is -6.44. The molecule has 1 nitrogen and oxygen atoms in total. The molecule has 0 bridgehead atoms. The van der Waals surface area contributed by atoms with Gasteiger partial charge in [-0.1, -0.05) is 140 Å². The fraction of sp³-hybridized carbons (Fsp3) is 0.0400. The molecule has 0 saturated carbocycles. The van der Waals surface area contributed by atoms with E-state index >= 15 is 0 Å². The van der Waals surface area contributed by atoms with Gasteiger partial charge in [-0.3, -0.25) is 0 Å². The van der Waals surface area contributed by atoms with Crippen molar-refractivity contribution in [2.45, 2.75) is 13.3 Å². The van der Waals surface area contributed by atoms with Crippen LogP contribution in [0, 0.1) is 0 Å². The first-order valence-electron chi connectivity index (χ1n) is 17.8. The highest BCUT2D eigenvalue weighted by Crippen LogP contribution is 2.50. The molecule has 0 saturated heterocycles. The Morgan fingerprint density at radius 1 is 0.451 bits per heavy atom. The van der Waals surface area contributed by atoms with Gasteiger partial charge in [0, 0.05) is 0 Å². The summed E-state index contributed by atoms with van der Waals surface area (Å²) >= 11 is 0. The first-order valence-corrected chi connectivity index (χ1v) is 17.8. The van der Waals surface area contributed by atoms with Crippen molar-refractivity contribution in [2.75, 3.05) is 0 Å². The quantitative estimate of drug-likeness (QED) is 0.185. The Kier molecular flexibility index (Phi) is 6.69. The molecule has 0 aliphatic heterocycles. The molecule has 240 valence electrons. The highest BCUT2D eigenvalue weighted by atomic mass is 14.5. The van der Waals surface area contributed by atoms with Gasteiger partial charge in [0.15, 0.2) is 0 Å². The largest absolute Gasteiger partial charge is 0.405 e. The molecule has 2 N–H and O–H groups in total. The molecule has 10 rings (SSSR count). The zero-order valence-corrected chi connectivity index (χ0v) is 28.5. The smallest absolute Gasteiger partial charge is 0.00132 e. The minimum absolute atomic E-state index is 0.957. The molecule has 2 aliphatic carbocycles. The van der Waals surface area contributed by atoms with Crippen molar-refractivity contribution < 1.29 is 0 Å². The highest BCUT2D eigenvalue weighted by molar-refractivity contribution is 6.19. The molecule has 0 radical (unpaired) electrons. The fourth-order valence-electron chi connectivity index (χ4n) is 8.73. The second kappa shape index (κ2) is 11.6. The van der Waals surface area contributed by atoms with Gasteiger partial charge in [-0.15, -0.1) is 0 Å². The number of rotatable bonds is 5. The predicted octanol–water partition coefficient (Wildman–Crippen LogP) is 13.1. The van der Waals surface area contributed by atoms with Crippen molar-refractivity contribution in [3.63, 3.8) is 0 Å². The molecule has 0 unspecified atom stereocenters. The third kappa shape index (κ3) is 4.55. The lowest BCUT2D eigenvalue weighted by Crippen LogP contribution is -2.01. The van der Waals surface area contributed by atoms with Crippen molar-refractivity contribution in [1.82, 2.24) is 0 Å². The molecular formula is C50H35N. The standard InChI is InChI=1S/C50H35N/c1-2-31(25-26-51)32-17-19-33(20-18-32)36-28-37(40-21-23-47-39-11-4-3-9-34(39)27-35-10-7-14-44(40)49(35)47)30-38(29-36)41-22-24-48-43-13-6-5-12-42(43)46-16-8-15-45(41)50(46)48/h2-26,28-30H,27,51H2,1H3/b26-25-,31-2+. The van der Waals surface area contributed by atoms with E-state index < -0.39 is 0 Å². The third-order valence-electron chi connectivity index (χ3n) is 11.1. The van der Waals surface area contributed by atoms with Gasteiger partial charge in [0.25, 0.3) is 0 Å². The van der Waals surface area contributed by atoms with Crippen LogP contribution in [-0.4, -0.2) is 0 Å². The number of fused-ring (bicyclic) bond motifs is 5. The summed E-state index contributed by atoms with van der Waals surface area (Å²) in [4.78, 5) is 0. The molecule has 8 aromatic rings. The maximum Gasteiger partial charge on any atom is -0.00132 e. The van der Waals surface area contributed by atoms with Crippen molar-refractivity contribution in [3.05, 3.63) is 187 Å². The Morgan fingerprint density at radius 3 is 1.67 bits per heavy atom. The average molecular weight is 650 g/mol. The fourth-order valence-corrected chi connectivity index (χ4v) is 8.73. The maximum atomic E-state index is 5.77. The summed E-state index contributed by atoms with van der Waals surface area (Å²) in [6.07, 6.45) is 6.62. The third-order valence-corrected chi connectivity index (χ3v) is 11.1. The van der Waals surface area contributed by atoms with Crippen molar-refractivity contribution >= 4 is 27.1 Å². The van der Waals surface area contributed by atoms with E-state index in [1.165, 1.54) is 99.4 Å². The summed E-state index contributed by atoms with van der Waals surface area (Å²) in [6.45, 7) is 2.05. The average Bonchev–Trinajstić information content (AvgIpc) is 3.52. The Bertz CT molecular complexity index is 2750. The topological polar surface area (TPSA) is 26.0 Å². The van der Waals surface area contributed by atoms with E-state index in [1.54, 1.807) is 6.20 Å². The second-order valence-corrected chi connectivity index (χ2v) is 13.7. The second-order valence-electron chi connectivity index (χ2n) is 13.7. The molecular weight excluding hydrogens is 615 g/mol. The molecule has 0 spiro atoms. The SMILES string of the molecule is C/C=C(\C=C/N)c1ccc(-c2cc(-c3ccc4c5c(cccc35)Cc3ccccc3-4)cc(-c3ccc4c5c(cccc35)-c3ccccc3-4)c2)cc1. The van der Waals surface area contributed by atoms with Crippen LogP contribution < -0.4 is 5.73 Å². The van der Waals surface area contributed by atoms with Crippen LogP contribution in [0.3, 0.4) is 0 Å². The first kappa shape index (κ1) is 29.5. The molecule has 0 aromatic heterocycles. The molecule has 0 amide bonds. The van der Waals surface area contributed by atoms with Crippen LogP contribution in [-0.2, 0) is 6.42 Å². The van der Waals surface area contributed by atoms with Crippen molar-refractivity contribution in [2.24, 2.45) is 5.73 Å². The molecule has 2 aliphatic rings. The van der Waals surface area contributed by atoms with Crippen LogP contribution in [0.5, 0.6) is 0 Å². The van der Waals surface area contributed by atoms with Gasteiger partial charge in [-0.05, 0) is 154 Å². The monoisotopic (exact) mass is 649 g/mol. The van der Waals surface area contributed by atoms with Crippen LogP contribution in [0.2, 0.25) is 0 Å². The molecule has 0 fully saturated rings. The van der Waals surface area contributed by atoms with Crippen LogP contribution in [0.25, 0.3) is 93.9 Å². The van der Waals surface area contributed by atoms with E-state index in [-0.39, 0.29) is 0 Å². The van der Waals surface area contributed by atoms with Crippen LogP contribution >= 0.6 is 0 Å². The van der Waals surface area contributed by atoms with Crippen LogP contribution in [0.15, 0.2) is 170 Å². The number of nitrogens with two attached hydrogens (primary N) is 1. The summed E-state index contributed by atoms with van der Waals surface area (Å²) in [5.74, 6) is 0. The highest BCUT2D eigenvalue weighted by Gasteiger charge is 2.24. The van der Waals surface area contributed by atoms with E-state index in [9.17, 15) is 0 Å². The Morgan fingerprint density at radius 2 is 0.980 bits per heavy atom. The molecule has 8 aromatic carbocycles. The van der Waals surface area contributed by atoms with Crippen molar-refractivity contribution in [3.8, 4) is 66.8 Å². The van der Waals surface area contributed by atoms with E-state index in [1.807, 2.05) is 13.0 Å². The predicted molar refractivity (Wildman–Crippen MR) is 217 cm³/mol. The van der Waals surface area contributed by atoms with E-state index in [4.69, 9.17) is 5.73 Å². The first-order chi connectivity index (χ1) is 25.2. The summed E-state index contributed by atoms with van der Waals surface area (Å²) in [7, 11) is 0. The number of benzene rings is 8. The minimum Gasteiger partial charge on any atom is -0.405 e. The summed E-state index contributed by atoms with van der Waals surface area (Å²) in [6, 6.07) is 56.7. The molecule has 51 heavy (non-hydrogen) atoms. The van der Waals surface area contributed by atoms with Crippen LogP contribution in [0.4, 0.5) is 0 Å². The summed E-state index contributed by atoms with van der Waals surface area (Å²) in [5, 5.41) is 5.32. The zero-order valence-electron chi connectivity index (χ0n) is 28.5. The van der Waals surface area contributed by atoms with Crippen LogP contribution in [0.1, 0.15) is 23.6 Å². The molecule has 0 atom stereocenters. The lowest BCUT2D eigenvalue weighted by Gasteiger charge is -2.23. The number of hydrogen-bond acceptors (Lipinski definition) is 1. The van der Waals surface area contributed by atoms with Crippen molar-refractivity contribution in [1.29, 1.82) is 0 Å². The number of allylic oxidation sites excluding steroid dienone is 3. The molecule has 1 heteroatoms. The van der Waals surface area contributed by atoms with E-state index in [0.29, 0.717) is 0 Å². The summed E-state index contributed by atoms with van der Waals surface area (Å²) < 4.78 is 0. The zero-order chi connectivity index (χ0) is 34.1. The number of hydrogen-bond donors (Lipinski definition) is 1.